The molecule has 2 nitrogen and oxygen atoms in total. The minimum absolute atomic E-state index is 0.337. The van der Waals surface area contributed by atoms with Crippen LogP contribution in [0.3, 0.4) is 0 Å². The molecule has 0 saturated carbocycles. The lowest BCUT2D eigenvalue weighted by atomic mass is 9.92. The molecule has 0 saturated heterocycles. The van der Waals surface area contributed by atoms with Crippen molar-refractivity contribution in [2.24, 2.45) is 0 Å². The number of ketones is 1. The summed E-state index contributed by atoms with van der Waals surface area (Å²) in [5.41, 5.74) is 3.62. The van der Waals surface area contributed by atoms with E-state index in [0.717, 1.165) is 49.8 Å². The number of hydrogen-bond donors (Lipinski definition) is 0. The second-order valence-corrected chi connectivity index (χ2v) is 6.33. The lowest BCUT2D eigenvalue weighted by Gasteiger charge is -2.31. The Hall–Kier alpha value is -1.09. The van der Waals surface area contributed by atoms with Crippen molar-refractivity contribution in [3.8, 4) is 0 Å². The van der Waals surface area contributed by atoms with E-state index in [4.69, 9.17) is 0 Å². The van der Waals surface area contributed by atoms with Gasteiger partial charge in [0.2, 0.25) is 0 Å². The summed E-state index contributed by atoms with van der Waals surface area (Å²) in [5, 5.41) is 0.973. The fraction of sp³-hybridized carbons (Fsp3) is 0.500. The number of alkyl halides is 1. The Morgan fingerprint density at radius 3 is 2.62 bits per heavy atom. The van der Waals surface area contributed by atoms with Crippen molar-refractivity contribution in [3.05, 3.63) is 47.2 Å². The summed E-state index contributed by atoms with van der Waals surface area (Å²) < 4.78 is 0. The predicted molar refractivity (Wildman–Crippen MR) is 91.4 cm³/mol. The molecule has 21 heavy (non-hydrogen) atoms. The molecule has 0 spiro atoms. The molecule has 0 unspecified atom stereocenters. The van der Waals surface area contributed by atoms with Crippen LogP contribution in [-0.4, -0.2) is 22.6 Å². The first-order valence-electron chi connectivity index (χ1n) is 7.86. The summed E-state index contributed by atoms with van der Waals surface area (Å²) in [6.07, 6.45) is 4.85. The van der Waals surface area contributed by atoms with Gasteiger partial charge in [-0.3, -0.25) is 4.79 Å². The van der Waals surface area contributed by atoms with Gasteiger partial charge in [0.05, 0.1) is 5.70 Å². The number of nitrogens with zero attached hydrogens (tertiary/aromatic N) is 1. The van der Waals surface area contributed by atoms with E-state index in [0.29, 0.717) is 12.2 Å². The molecule has 0 atom stereocenters. The van der Waals surface area contributed by atoms with Gasteiger partial charge in [-0.05, 0) is 36.8 Å². The van der Waals surface area contributed by atoms with Crippen LogP contribution in [0.5, 0.6) is 0 Å². The van der Waals surface area contributed by atoms with Crippen LogP contribution < -0.4 is 0 Å². The minimum atomic E-state index is 0.337. The van der Waals surface area contributed by atoms with Crippen molar-refractivity contribution in [3.63, 3.8) is 0 Å². The molecule has 0 fully saturated rings. The summed E-state index contributed by atoms with van der Waals surface area (Å²) in [7, 11) is 0. The van der Waals surface area contributed by atoms with Gasteiger partial charge in [-0.2, -0.15) is 0 Å². The quantitative estimate of drug-likeness (QED) is 0.665. The van der Waals surface area contributed by atoms with E-state index in [9.17, 15) is 4.79 Å². The largest absolute Gasteiger partial charge is 0.364 e. The van der Waals surface area contributed by atoms with Gasteiger partial charge in [-0.25, -0.2) is 0 Å². The van der Waals surface area contributed by atoms with Crippen LogP contribution in [0, 0.1) is 0 Å². The Morgan fingerprint density at radius 2 is 1.95 bits per heavy atom. The van der Waals surface area contributed by atoms with Crippen molar-refractivity contribution in [1.29, 1.82) is 0 Å². The fourth-order valence-electron chi connectivity index (χ4n) is 2.96. The van der Waals surface area contributed by atoms with Gasteiger partial charge in [0.1, 0.15) is 0 Å². The average Bonchev–Trinajstić information content (AvgIpc) is 2.52. The molecule has 1 aliphatic rings. The highest BCUT2D eigenvalue weighted by Gasteiger charge is 2.24. The Balaban J connectivity index is 2.25. The molecular formula is C18H24BrNO. The zero-order chi connectivity index (χ0) is 15.1. The Bertz CT molecular complexity index is 495. The summed E-state index contributed by atoms with van der Waals surface area (Å²) in [6, 6.07) is 10.4. The molecule has 0 bridgehead atoms. The number of benzene rings is 1. The molecule has 1 aromatic rings. The standard InChI is InChI=1S/C18H24BrNO/c1-2-16-10-6-11-17(21)18(16)20(13-7-12-19)14-15-8-4-3-5-9-15/h3-5,8-9H,2,6-7,10-14H2,1H3. The second kappa shape index (κ2) is 8.38. The van der Waals surface area contributed by atoms with Crippen LogP contribution in [-0.2, 0) is 11.3 Å². The van der Waals surface area contributed by atoms with E-state index in [1.165, 1.54) is 11.1 Å². The Morgan fingerprint density at radius 1 is 1.19 bits per heavy atom. The molecule has 0 radical (unpaired) electrons. The molecule has 1 aliphatic carbocycles. The summed E-state index contributed by atoms with van der Waals surface area (Å²) in [4.78, 5) is 14.7. The molecule has 0 aliphatic heterocycles. The number of hydrogen-bond acceptors (Lipinski definition) is 2. The Labute approximate surface area is 136 Å². The van der Waals surface area contributed by atoms with E-state index in [1.54, 1.807) is 0 Å². The van der Waals surface area contributed by atoms with E-state index >= 15 is 0 Å². The van der Waals surface area contributed by atoms with Crippen LogP contribution in [0.1, 0.15) is 44.6 Å². The maximum absolute atomic E-state index is 12.4. The van der Waals surface area contributed by atoms with Crippen LogP contribution in [0.25, 0.3) is 0 Å². The van der Waals surface area contributed by atoms with Crippen LogP contribution >= 0.6 is 15.9 Å². The highest BCUT2D eigenvalue weighted by molar-refractivity contribution is 9.09. The van der Waals surface area contributed by atoms with Gasteiger partial charge in [0.25, 0.3) is 0 Å². The molecule has 3 heteroatoms. The highest BCUT2D eigenvalue weighted by atomic mass is 79.9. The molecule has 0 N–H and O–H groups in total. The lowest BCUT2D eigenvalue weighted by molar-refractivity contribution is -0.117. The van der Waals surface area contributed by atoms with Crippen molar-refractivity contribution in [2.45, 2.75) is 45.6 Å². The summed E-state index contributed by atoms with van der Waals surface area (Å²) in [5.74, 6) is 0.337. The van der Waals surface area contributed by atoms with Crippen LogP contribution in [0.15, 0.2) is 41.6 Å². The molecule has 0 heterocycles. The maximum Gasteiger partial charge on any atom is 0.178 e. The Kier molecular flexibility index (Phi) is 6.50. The van der Waals surface area contributed by atoms with Gasteiger partial charge >= 0.3 is 0 Å². The van der Waals surface area contributed by atoms with Crippen molar-refractivity contribution >= 4 is 21.7 Å². The van der Waals surface area contributed by atoms with E-state index in [2.05, 4.69) is 52.0 Å². The molecule has 114 valence electrons. The third kappa shape index (κ3) is 4.44. The van der Waals surface area contributed by atoms with Gasteiger partial charge in [-0.1, -0.05) is 53.2 Å². The summed E-state index contributed by atoms with van der Waals surface area (Å²) in [6.45, 7) is 3.93. The first kappa shape index (κ1) is 16.3. The van der Waals surface area contributed by atoms with Crippen molar-refractivity contribution in [2.75, 3.05) is 11.9 Å². The minimum Gasteiger partial charge on any atom is -0.364 e. The number of carbonyl (C=O) groups excluding carboxylic acids is 1. The van der Waals surface area contributed by atoms with Gasteiger partial charge in [-0.15, -0.1) is 0 Å². The zero-order valence-electron chi connectivity index (χ0n) is 12.8. The first-order valence-corrected chi connectivity index (χ1v) is 8.98. The highest BCUT2D eigenvalue weighted by Crippen LogP contribution is 2.28. The van der Waals surface area contributed by atoms with Gasteiger partial charge in [0.15, 0.2) is 5.78 Å². The average molecular weight is 350 g/mol. The third-order valence-electron chi connectivity index (χ3n) is 4.00. The molecule has 1 aromatic carbocycles. The third-order valence-corrected chi connectivity index (χ3v) is 4.56. The van der Waals surface area contributed by atoms with E-state index < -0.39 is 0 Å². The van der Waals surface area contributed by atoms with Crippen LogP contribution in [0.4, 0.5) is 0 Å². The van der Waals surface area contributed by atoms with Gasteiger partial charge in [0, 0.05) is 24.8 Å². The lowest BCUT2D eigenvalue weighted by Crippen LogP contribution is -2.31. The number of rotatable bonds is 7. The van der Waals surface area contributed by atoms with Crippen LogP contribution in [0.2, 0.25) is 0 Å². The topological polar surface area (TPSA) is 20.3 Å². The van der Waals surface area contributed by atoms with Crippen molar-refractivity contribution < 1.29 is 4.79 Å². The maximum atomic E-state index is 12.4. The van der Waals surface area contributed by atoms with E-state index in [-0.39, 0.29) is 0 Å². The number of allylic oxidation sites excluding steroid dienone is 2. The smallest absolute Gasteiger partial charge is 0.178 e. The molecule has 0 amide bonds. The molecule has 0 aromatic heterocycles. The SMILES string of the molecule is CCC1=C(N(CCCBr)Cc2ccccc2)C(=O)CCC1. The molecule has 2 rings (SSSR count). The zero-order valence-corrected chi connectivity index (χ0v) is 14.4. The molecular weight excluding hydrogens is 326 g/mol. The van der Waals surface area contributed by atoms with E-state index in [1.807, 2.05) is 6.07 Å². The summed E-state index contributed by atoms with van der Waals surface area (Å²) >= 11 is 3.51. The number of carbonyl (C=O) groups is 1. The number of Topliss-reactive ketones (excluding diaryl/α,β-unsaturated/α-hetero) is 1. The fourth-order valence-corrected chi connectivity index (χ4v) is 3.22. The van der Waals surface area contributed by atoms with Crippen molar-refractivity contribution in [1.82, 2.24) is 4.90 Å². The van der Waals surface area contributed by atoms with Gasteiger partial charge < -0.3 is 4.90 Å². The normalized spacial score (nSPS) is 15.4. The number of halogens is 1. The second-order valence-electron chi connectivity index (χ2n) is 5.53. The monoisotopic (exact) mass is 349 g/mol. The first-order chi connectivity index (χ1) is 10.3. The predicted octanol–water partition coefficient (Wildman–Crippen LogP) is 4.69.